The van der Waals surface area contributed by atoms with E-state index in [9.17, 15) is 14.4 Å². The molecule has 7 nitrogen and oxygen atoms in total. The standard InChI is InChI=1S/C45H73NO6/c1-17-21-28-51-38(48)35(29-40(7,8)32(5)34-25-23-22-24-26-34)42(11,12)41(9,10)30-36(39(49)50-27-18-2)43(13,14)52-46-44(15,19-3)31-37(47)33(6)45(46,16)20-4/h2,22-26,32-33,35-36H,17,19-21,27-31H2,1,3-16H3. The van der Waals surface area contributed by atoms with E-state index in [1.54, 1.807) is 0 Å². The number of piperidine rings is 1. The minimum absolute atomic E-state index is 0.151. The lowest BCUT2D eigenvalue weighted by molar-refractivity contribution is -0.348. The van der Waals surface area contributed by atoms with Crippen LogP contribution in [-0.2, 0) is 28.7 Å². The average Bonchev–Trinajstić information content (AvgIpc) is 3.09. The van der Waals surface area contributed by atoms with Crippen molar-refractivity contribution in [1.82, 2.24) is 5.06 Å². The summed E-state index contributed by atoms with van der Waals surface area (Å²) in [5.41, 5.74) is -2.48. The van der Waals surface area contributed by atoms with Crippen LogP contribution in [0.15, 0.2) is 30.3 Å². The third kappa shape index (κ3) is 9.89. The average molecular weight is 724 g/mol. The fraction of sp³-hybridized carbons (Fsp3) is 0.756. The number of esters is 2. The minimum Gasteiger partial charge on any atom is -0.465 e. The van der Waals surface area contributed by atoms with Gasteiger partial charge in [0.1, 0.15) is 5.78 Å². The molecule has 1 aliphatic rings. The molecule has 0 saturated carbocycles. The molecule has 1 aromatic carbocycles. The molecule has 2 rings (SSSR count). The molecule has 294 valence electrons. The Balaban J connectivity index is 2.65. The number of rotatable bonds is 19. The maximum absolute atomic E-state index is 14.2. The zero-order chi connectivity index (χ0) is 39.9. The van der Waals surface area contributed by atoms with E-state index in [1.165, 1.54) is 5.56 Å². The molecule has 52 heavy (non-hydrogen) atoms. The lowest BCUT2D eigenvalue weighted by Crippen LogP contribution is -2.68. The number of nitrogens with zero attached hydrogens (tertiary/aromatic N) is 1. The highest BCUT2D eigenvalue weighted by atomic mass is 16.7. The largest absolute Gasteiger partial charge is 0.465 e. The number of unbranched alkanes of at least 4 members (excludes halogenated alkanes) is 1. The van der Waals surface area contributed by atoms with Crippen LogP contribution in [0.3, 0.4) is 0 Å². The van der Waals surface area contributed by atoms with Gasteiger partial charge < -0.3 is 9.47 Å². The van der Waals surface area contributed by atoms with E-state index < -0.39 is 45.3 Å². The summed E-state index contributed by atoms with van der Waals surface area (Å²) in [7, 11) is 0. The first-order valence-electron chi connectivity index (χ1n) is 19.8. The summed E-state index contributed by atoms with van der Waals surface area (Å²) in [6.07, 6.45) is 10.00. The van der Waals surface area contributed by atoms with E-state index in [4.69, 9.17) is 20.7 Å². The second kappa shape index (κ2) is 17.6. The van der Waals surface area contributed by atoms with E-state index in [-0.39, 0.29) is 35.6 Å². The fourth-order valence-corrected chi connectivity index (χ4v) is 7.99. The van der Waals surface area contributed by atoms with Crippen molar-refractivity contribution in [3.8, 4) is 12.3 Å². The fourth-order valence-electron chi connectivity index (χ4n) is 7.99. The normalized spacial score (nSPS) is 23.7. The van der Waals surface area contributed by atoms with Crippen molar-refractivity contribution in [2.45, 2.75) is 171 Å². The van der Waals surface area contributed by atoms with Crippen molar-refractivity contribution < 1.29 is 28.7 Å². The molecule has 0 aliphatic carbocycles. The molecule has 1 aliphatic heterocycles. The van der Waals surface area contributed by atoms with E-state index in [0.717, 1.165) is 12.8 Å². The Bertz CT molecular complexity index is 1390. The van der Waals surface area contributed by atoms with Crippen LogP contribution >= 0.6 is 0 Å². The smallest absolute Gasteiger partial charge is 0.312 e. The summed E-state index contributed by atoms with van der Waals surface area (Å²) < 4.78 is 11.7. The molecule has 0 radical (unpaired) electrons. The number of ketones is 1. The van der Waals surface area contributed by atoms with Gasteiger partial charge in [0.05, 0.1) is 35.1 Å². The minimum atomic E-state index is -1.07. The predicted octanol–water partition coefficient (Wildman–Crippen LogP) is 10.4. The molecule has 0 N–H and O–H groups in total. The molecule has 0 amide bonds. The van der Waals surface area contributed by atoms with Gasteiger partial charge in [-0.3, -0.25) is 19.2 Å². The summed E-state index contributed by atoms with van der Waals surface area (Å²) in [6, 6.07) is 10.4. The van der Waals surface area contributed by atoms with Crippen molar-refractivity contribution in [1.29, 1.82) is 0 Å². The van der Waals surface area contributed by atoms with Crippen molar-refractivity contribution in [2.75, 3.05) is 13.2 Å². The van der Waals surface area contributed by atoms with E-state index >= 15 is 0 Å². The van der Waals surface area contributed by atoms with Crippen molar-refractivity contribution in [2.24, 2.45) is 34.0 Å². The molecule has 6 unspecified atom stereocenters. The topological polar surface area (TPSA) is 82.1 Å². The molecular weight excluding hydrogens is 650 g/mol. The molecular formula is C45H73NO6. The first-order chi connectivity index (χ1) is 23.9. The Labute approximate surface area is 317 Å². The number of terminal acetylenes is 1. The quantitative estimate of drug-likeness (QED) is 0.0798. The molecule has 1 saturated heterocycles. The molecule has 1 fully saturated rings. The zero-order valence-corrected chi connectivity index (χ0v) is 35.5. The molecule has 0 aromatic heterocycles. The van der Waals surface area contributed by atoms with Gasteiger partial charge in [-0.05, 0) is 87.5 Å². The first kappa shape index (κ1) is 45.5. The van der Waals surface area contributed by atoms with Gasteiger partial charge in [-0.2, -0.15) is 5.06 Å². The Kier molecular flexibility index (Phi) is 15.4. The monoisotopic (exact) mass is 724 g/mol. The maximum Gasteiger partial charge on any atom is 0.312 e. The number of Topliss-reactive ketones (excluding diaryl/α,β-unsaturated/α-hetero) is 1. The number of hydrogen-bond acceptors (Lipinski definition) is 7. The maximum atomic E-state index is 14.2. The number of ether oxygens (including phenoxy) is 2. The summed E-state index contributed by atoms with van der Waals surface area (Å²) in [5.74, 6) is 0.736. The number of hydrogen-bond donors (Lipinski definition) is 0. The lowest BCUT2D eigenvalue weighted by Gasteiger charge is -2.58. The van der Waals surface area contributed by atoms with Crippen LogP contribution in [0.5, 0.6) is 0 Å². The number of carbonyl (C=O) groups excluding carboxylic acids is 3. The predicted molar refractivity (Wildman–Crippen MR) is 211 cm³/mol. The highest BCUT2D eigenvalue weighted by Crippen LogP contribution is 2.55. The Morgan fingerprint density at radius 1 is 0.923 bits per heavy atom. The van der Waals surface area contributed by atoms with Gasteiger partial charge in [-0.1, -0.05) is 119 Å². The first-order valence-corrected chi connectivity index (χ1v) is 19.8. The second-order valence-electron chi connectivity index (χ2n) is 18.5. The molecule has 6 atom stereocenters. The van der Waals surface area contributed by atoms with Crippen LogP contribution in [0.25, 0.3) is 0 Å². The Morgan fingerprint density at radius 3 is 2.02 bits per heavy atom. The van der Waals surface area contributed by atoms with Gasteiger partial charge in [0.2, 0.25) is 0 Å². The van der Waals surface area contributed by atoms with Crippen molar-refractivity contribution >= 4 is 17.7 Å². The van der Waals surface area contributed by atoms with Crippen LogP contribution in [-0.4, -0.2) is 52.7 Å². The highest BCUT2D eigenvalue weighted by molar-refractivity contribution is 5.84. The summed E-state index contributed by atoms with van der Waals surface area (Å²) >= 11 is 0. The number of benzene rings is 1. The molecule has 1 heterocycles. The van der Waals surface area contributed by atoms with E-state index in [0.29, 0.717) is 38.7 Å². The van der Waals surface area contributed by atoms with Gasteiger partial charge >= 0.3 is 11.9 Å². The Morgan fingerprint density at radius 2 is 1.50 bits per heavy atom. The van der Waals surface area contributed by atoms with Crippen LogP contribution in [0, 0.1) is 46.3 Å². The molecule has 0 bridgehead atoms. The van der Waals surface area contributed by atoms with E-state index in [2.05, 4.69) is 113 Å². The van der Waals surface area contributed by atoms with Gasteiger partial charge in [-0.15, -0.1) is 6.42 Å². The second-order valence-corrected chi connectivity index (χ2v) is 18.5. The SMILES string of the molecule is C#CCOC(=O)C(CC(C)(C)C(C)(C)C(CC(C)(C)C(C)c1ccccc1)C(=O)OCCCC)C(C)(C)ON1C(C)(CC)CC(=O)C(C)C1(C)CC. The zero-order valence-electron chi connectivity index (χ0n) is 35.5. The van der Waals surface area contributed by atoms with E-state index in [1.807, 2.05) is 31.9 Å². The summed E-state index contributed by atoms with van der Waals surface area (Å²) in [5, 5.41) is 2.03. The summed E-state index contributed by atoms with van der Waals surface area (Å²) in [4.78, 5) is 48.8. The summed E-state index contributed by atoms with van der Waals surface area (Å²) in [6.45, 7) is 31.7. The van der Waals surface area contributed by atoms with Crippen LogP contribution in [0.2, 0.25) is 0 Å². The van der Waals surface area contributed by atoms with Crippen LogP contribution in [0.1, 0.15) is 160 Å². The highest BCUT2D eigenvalue weighted by Gasteiger charge is 2.58. The number of carbonyl (C=O) groups is 3. The third-order valence-electron chi connectivity index (χ3n) is 13.7. The lowest BCUT2D eigenvalue weighted by atomic mass is 9.54. The van der Waals surface area contributed by atoms with Gasteiger partial charge in [0.25, 0.3) is 0 Å². The van der Waals surface area contributed by atoms with Crippen molar-refractivity contribution in [3.05, 3.63) is 35.9 Å². The number of hydroxylamine groups is 2. The Hall–Kier alpha value is -2.69. The molecule has 7 heteroatoms. The third-order valence-corrected chi connectivity index (χ3v) is 13.7. The van der Waals surface area contributed by atoms with Gasteiger partial charge in [0, 0.05) is 12.3 Å². The molecule has 1 aromatic rings. The van der Waals surface area contributed by atoms with Crippen LogP contribution in [0.4, 0.5) is 0 Å². The molecule has 0 spiro atoms. The van der Waals surface area contributed by atoms with Crippen LogP contribution < -0.4 is 0 Å². The van der Waals surface area contributed by atoms with Gasteiger partial charge in [-0.25, -0.2) is 0 Å². The van der Waals surface area contributed by atoms with Gasteiger partial charge in [0.15, 0.2) is 6.61 Å². The van der Waals surface area contributed by atoms with Crippen molar-refractivity contribution in [3.63, 3.8) is 0 Å².